The molecule has 1 unspecified atom stereocenters. The number of carbonyl (C=O) groups is 1. The fraction of sp³-hybridized carbons (Fsp3) is 0.471. The van der Waals surface area contributed by atoms with E-state index in [0.29, 0.717) is 19.0 Å². The van der Waals surface area contributed by atoms with Crippen molar-refractivity contribution < 1.29 is 14.3 Å². The van der Waals surface area contributed by atoms with Gasteiger partial charge in [-0.05, 0) is 50.3 Å². The van der Waals surface area contributed by atoms with Gasteiger partial charge in [-0.3, -0.25) is 0 Å². The molecule has 0 radical (unpaired) electrons. The highest BCUT2D eigenvalue weighted by Gasteiger charge is 2.21. The van der Waals surface area contributed by atoms with Crippen LogP contribution in [0.5, 0.6) is 0 Å². The molecule has 3 nitrogen and oxygen atoms in total. The predicted octanol–water partition coefficient (Wildman–Crippen LogP) is 3.59. The van der Waals surface area contributed by atoms with Crippen molar-refractivity contribution in [2.24, 2.45) is 0 Å². The molecule has 0 heterocycles. The molecule has 0 bridgehead atoms. The number of fused-ring (bicyclic) bond motifs is 1. The van der Waals surface area contributed by atoms with Gasteiger partial charge in [0.15, 0.2) is 0 Å². The van der Waals surface area contributed by atoms with E-state index >= 15 is 0 Å². The van der Waals surface area contributed by atoms with Crippen molar-refractivity contribution in [1.82, 2.24) is 0 Å². The largest absolute Gasteiger partial charge is 0.487 e. The Hall–Kier alpha value is -1.77. The maximum Gasteiger partial charge on any atom is 0.373 e. The van der Waals surface area contributed by atoms with Crippen LogP contribution in [0.25, 0.3) is 0 Å². The standard InChI is InChI=1S/C17H22O3/c1-3-19-16(17(18)20-4-2)12-14-10-7-9-13-8-5-6-11-15(13)14/h5-6,8,11-12,14H,3-4,7,9-10H2,1-2H3/b16-12+. The molecule has 0 aliphatic heterocycles. The summed E-state index contributed by atoms with van der Waals surface area (Å²) in [5, 5.41) is 0. The summed E-state index contributed by atoms with van der Waals surface area (Å²) in [4.78, 5) is 11.9. The quantitative estimate of drug-likeness (QED) is 0.467. The van der Waals surface area contributed by atoms with E-state index in [1.807, 2.05) is 13.0 Å². The van der Waals surface area contributed by atoms with Gasteiger partial charge in [-0.25, -0.2) is 4.79 Å². The zero-order chi connectivity index (χ0) is 14.4. The van der Waals surface area contributed by atoms with Crippen molar-refractivity contribution in [2.45, 2.75) is 39.0 Å². The topological polar surface area (TPSA) is 35.5 Å². The van der Waals surface area contributed by atoms with Gasteiger partial charge in [-0.15, -0.1) is 0 Å². The van der Waals surface area contributed by atoms with Crippen molar-refractivity contribution in [3.63, 3.8) is 0 Å². The van der Waals surface area contributed by atoms with Crippen molar-refractivity contribution in [2.75, 3.05) is 13.2 Å². The highest BCUT2D eigenvalue weighted by Crippen LogP contribution is 2.33. The van der Waals surface area contributed by atoms with Crippen LogP contribution in [-0.2, 0) is 20.7 Å². The Kier molecular flexibility index (Phi) is 5.22. The first-order valence-electron chi connectivity index (χ1n) is 7.35. The first-order chi connectivity index (χ1) is 9.76. The summed E-state index contributed by atoms with van der Waals surface area (Å²) in [6.07, 6.45) is 5.23. The number of aryl methyl sites for hydroxylation is 1. The molecule has 0 spiro atoms. The second kappa shape index (κ2) is 7.13. The van der Waals surface area contributed by atoms with E-state index < -0.39 is 0 Å². The SMILES string of the molecule is CCOC(=O)/C(=C\C1CCCc2ccccc21)OCC. The average Bonchev–Trinajstić information content (AvgIpc) is 2.47. The molecule has 0 amide bonds. The lowest BCUT2D eigenvalue weighted by Crippen LogP contribution is -2.14. The van der Waals surface area contributed by atoms with Crippen LogP contribution >= 0.6 is 0 Å². The summed E-state index contributed by atoms with van der Waals surface area (Å²) in [7, 11) is 0. The van der Waals surface area contributed by atoms with E-state index in [1.54, 1.807) is 6.92 Å². The molecule has 0 saturated carbocycles. The number of allylic oxidation sites excluding steroid dienone is 1. The Balaban J connectivity index is 2.25. The molecule has 1 aliphatic carbocycles. The number of ether oxygens (including phenoxy) is 2. The molecule has 3 heteroatoms. The highest BCUT2D eigenvalue weighted by molar-refractivity contribution is 5.86. The Morgan fingerprint density at radius 1 is 1.25 bits per heavy atom. The van der Waals surface area contributed by atoms with Crippen LogP contribution in [0.2, 0.25) is 0 Å². The molecule has 1 aromatic rings. The number of rotatable bonds is 5. The summed E-state index contributed by atoms with van der Waals surface area (Å²) in [5.74, 6) is 0.222. The minimum absolute atomic E-state index is 0.242. The summed E-state index contributed by atoms with van der Waals surface area (Å²) < 4.78 is 10.5. The number of hydrogen-bond donors (Lipinski definition) is 0. The van der Waals surface area contributed by atoms with Crippen LogP contribution in [0.1, 0.15) is 43.7 Å². The number of hydrogen-bond acceptors (Lipinski definition) is 3. The monoisotopic (exact) mass is 274 g/mol. The van der Waals surface area contributed by atoms with Gasteiger partial charge >= 0.3 is 5.97 Å². The molecule has 20 heavy (non-hydrogen) atoms. The van der Waals surface area contributed by atoms with Gasteiger partial charge < -0.3 is 9.47 Å². The molecule has 1 aliphatic rings. The molecule has 1 atom stereocenters. The molecule has 0 aromatic heterocycles. The first kappa shape index (κ1) is 14.6. The van der Waals surface area contributed by atoms with E-state index in [0.717, 1.165) is 19.3 Å². The number of benzene rings is 1. The van der Waals surface area contributed by atoms with E-state index in [9.17, 15) is 4.79 Å². The van der Waals surface area contributed by atoms with Crippen LogP contribution < -0.4 is 0 Å². The van der Waals surface area contributed by atoms with Gasteiger partial charge in [-0.1, -0.05) is 24.3 Å². The lowest BCUT2D eigenvalue weighted by atomic mass is 9.82. The molecule has 2 rings (SSSR count). The average molecular weight is 274 g/mol. The molecular formula is C17H22O3. The van der Waals surface area contributed by atoms with Crippen LogP contribution in [-0.4, -0.2) is 19.2 Å². The Morgan fingerprint density at radius 3 is 2.75 bits per heavy atom. The molecule has 0 saturated heterocycles. The van der Waals surface area contributed by atoms with Gasteiger partial charge in [0.1, 0.15) is 0 Å². The van der Waals surface area contributed by atoms with Crippen molar-refractivity contribution in [3.05, 3.63) is 47.2 Å². The van der Waals surface area contributed by atoms with E-state index in [-0.39, 0.29) is 11.9 Å². The third-order valence-corrected chi connectivity index (χ3v) is 3.54. The summed E-state index contributed by atoms with van der Waals surface area (Å²) in [5.41, 5.74) is 2.68. The Labute approximate surface area is 120 Å². The molecule has 0 N–H and O–H groups in total. The summed E-state index contributed by atoms with van der Waals surface area (Å²) in [6.45, 7) is 4.52. The summed E-state index contributed by atoms with van der Waals surface area (Å²) >= 11 is 0. The number of carbonyl (C=O) groups excluding carboxylic acids is 1. The van der Waals surface area contributed by atoms with E-state index in [2.05, 4.69) is 24.3 Å². The van der Waals surface area contributed by atoms with Gasteiger partial charge in [0.25, 0.3) is 0 Å². The number of esters is 1. The molecule has 108 valence electrons. The molecular weight excluding hydrogens is 252 g/mol. The smallest absolute Gasteiger partial charge is 0.373 e. The molecule has 0 fully saturated rings. The van der Waals surface area contributed by atoms with Gasteiger partial charge in [0.05, 0.1) is 13.2 Å². The lowest BCUT2D eigenvalue weighted by molar-refractivity contribution is -0.142. The fourth-order valence-corrected chi connectivity index (χ4v) is 2.68. The first-order valence-corrected chi connectivity index (χ1v) is 7.35. The van der Waals surface area contributed by atoms with Crippen LogP contribution in [0.4, 0.5) is 0 Å². The van der Waals surface area contributed by atoms with Gasteiger partial charge in [0, 0.05) is 5.92 Å². The van der Waals surface area contributed by atoms with Crippen LogP contribution in [0.15, 0.2) is 36.1 Å². The zero-order valence-corrected chi connectivity index (χ0v) is 12.2. The predicted molar refractivity (Wildman–Crippen MR) is 78.5 cm³/mol. The van der Waals surface area contributed by atoms with Gasteiger partial charge in [0.2, 0.25) is 5.76 Å². The molecule has 1 aromatic carbocycles. The van der Waals surface area contributed by atoms with Crippen LogP contribution in [0, 0.1) is 0 Å². The third kappa shape index (κ3) is 3.41. The van der Waals surface area contributed by atoms with Crippen molar-refractivity contribution in [1.29, 1.82) is 0 Å². The normalized spacial score (nSPS) is 18.3. The third-order valence-electron chi connectivity index (χ3n) is 3.54. The zero-order valence-electron chi connectivity index (χ0n) is 12.2. The maximum absolute atomic E-state index is 11.9. The second-order valence-electron chi connectivity index (χ2n) is 4.88. The maximum atomic E-state index is 11.9. The van der Waals surface area contributed by atoms with E-state index in [4.69, 9.17) is 9.47 Å². The van der Waals surface area contributed by atoms with Crippen molar-refractivity contribution in [3.8, 4) is 0 Å². The minimum Gasteiger partial charge on any atom is -0.487 e. The highest BCUT2D eigenvalue weighted by atomic mass is 16.6. The lowest BCUT2D eigenvalue weighted by Gasteiger charge is -2.23. The Bertz CT molecular complexity index is 491. The van der Waals surface area contributed by atoms with Gasteiger partial charge in [-0.2, -0.15) is 0 Å². The van der Waals surface area contributed by atoms with Crippen molar-refractivity contribution >= 4 is 5.97 Å². The Morgan fingerprint density at radius 2 is 2.00 bits per heavy atom. The second-order valence-corrected chi connectivity index (χ2v) is 4.88. The summed E-state index contributed by atoms with van der Waals surface area (Å²) in [6, 6.07) is 8.43. The fourth-order valence-electron chi connectivity index (χ4n) is 2.68. The van der Waals surface area contributed by atoms with E-state index in [1.165, 1.54) is 11.1 Å². The van der Waals surface area contributed by atoms with Crippen LogP contribution in [0.3, 0.4) is 0 Å². The minimum atomic E-state index is -0.364.